The van der Waals surface area contributed by atoms with Crippen LogP contribution in [0.5, 0.6) is 11.5 Å². The van der Waals surface area contributed by atoms with E-state index in [1.165, 1.54) is 17.6 Å². The van der Waals surface area contributed by atoms with Crippen LogP contribution in [-0.2, 0) is 21.2 Å². The predicted molar refractivity (Wildman–Crippen MR) is 135 cm³/mol. The van der Waals surface area contributed by atoms with E-state index in [2.05, 4.69) is 10.5 Å². The van der Waals surface area contributed by atoms with Crippen LogP contribution in [0.2, 0.25) is 0 Å². The molecule has 184 valence electrons. The second kappa shape index (κ2) is 12.1. The van der Waals surface area contributed by atoms with Gasteiger partial charge in [0.05, 0.1) is 31.9 Å². The Bertz CT molecular complexity index is 1260. The molecule has 0 fully saturated rings. The number of rotatable bonds is 11. The third-order valence-corrected chi connectivity index (χ3v) is 7.16. The SMILES string of the molecule is COc1ccc(/C=N\NC(=O)CN(CCc2ccccc2)S(=O)(=O)c2ccc(C)cc2)c(OC)c1. The van der Waals surface area contributed by atoms with Gasteiger partial charge in [0, 0.05) is 18.2 Å². The zero-order valence-corrected chi connectivity index (χ0v) is 20.8. The summed E-state index contributed by atoms with van der Waals surface area (Å²) in [4.78, 5) is 12.8. The summed E-state index contributed by atoms with van der Waals surface area (Å²) in [5.41, 5.74) is 4.96. The largest absolute Gasteiger partial charge is 0.497 e. The number of aryl methyl sites for hydroxylation is 1. The van der Waals surface area contributed by atoms with Gasteiger partial charge in [0.1, 0.15) is 11.5 Å². The molecule has 0 aliphatic rings. The molecular formula is C26H29N3O5S. The lowest BCUT2D eigenvalue weighted by Crippen LogP contribution is -2.40. The highest BCUT2D eigenvalue weighted by Crippen LogP contribution is 2.23. The Hall–Kier alpha value is -3.69. The number of methoxy groups -OCH3 is 2. The van der Waals surface area contributed by atoms with Crippen LogP contribution in [0.4, 0.5) is 0 Å². The van der Waals surface area contributed by atoms with Gasteiger partial charge in [-0.05, 0) is 43.2 Å². The quantitative estimate of drug-likeness (QED) is 0.325. The van der Waals surface area contributed by atoms with Crippen LogP contribution in [0.3, 0.4) is 0 Å². The Labute approximate surface area is 206 Å². The zero-order chi connectivity index (χ0) is 25.3. The number of hydrogen-bond donors (Lipinski definition) is 1. The van der Waals surface area contributed by atoms with E-state index in [4.69, 9.17) is 9.47 Å². The molecule has 0 atom stereocenters. The molecule has 0 aliphatic carbocycles. The number of nitrogens with zero attached hydrogens (tertiary/aromatic N) is 2. The van der Waals surface area contributed by atoms with Gasteiger partial charge in [-0.25, -0.2) is 13.8 Å². The third-order valence-electron chi connectivity index (χ3n) is 5.30. The molecule has 0 spiro atoms. The van der Waals surface area contributed by atoms with Crippen molar-refractivity contribution in [3.8, 4) is 11.5 Å². The van der Waals surface area contributed by atoms with Gasteiger partial charge in [-0.1, -0.05) is 48.0 Å². The van der Waals surface area contributed by atoms with Crippen molar-refractivity contribution >= 4 is 22.1 Å². The fourth-order valence-electron chi connectivity index (χ4n) is 3.34. The number of ether oxygens (including phenoxy) is 2. The van der Waals surface area contributed by atoms with Crippen molar-refractivity contribution in [3.63, 3.8) is 0 Å². The number of sulfonamides is 1. The number of hydrogen-bond acceptors (Lipinski definition) is 6. The molecular weight excluding hydrogens is 466 g/mol. The van der Waals surface area contributed by atoms with Crippen molar-refractivity contribution in [1.29, 1.82) is 0 Å². The summed E-state index contributed by atoms with van der Waals surface area (Å²) in [7, 11) is -0.820. The van der Waals surface area contributed by atoms with Gasteiger partial charge in [-0.2, -0.15) is 9.41 Å². The van der Waals surface area contributed by atoms with Crippen LogP contribution < -0.4 is 14.9 Å². The summed E-state index contributed by atoms with van der Waals surface area (Å²) in [5.74, 6) is 0.588. The van der Waals surface area contributed by atoms with Crippen molar-refractivity contribution < 1.29 is 22.7 Å². The summed E-state index contributed by atoms with van der Waals surface area (Å²) in [6.45, 7) is 1.65. The normalized spacial score (nSPS) is 11.5. The second-order valence-corrected chi connectivity index (χ2v) is 9.73. The van der Waals surface area contributed by atoms with Gasteiger partial charge in [0.2, 0.25) is 10.0 Å². The first-order chi connectivity index (χ1) is 16.8. The van der Waals surface area contributed by atoms with Gasteiger partial charge in [-0.15, -0.1) is 0 Å². The van der Waals surface area contributed by atoms with E-state index in [0.717, 1.165) is 11.1 Å². The molecule has 0 radical (unpaired) electrons. The summed E-state index contributed by atoms with van der Waals surface area (Å²) in [5, 5.41) is 3.98. The molecule has 0 unspecified atom stereocenters. The average molecular weight is 496 g/mol. The highest BCUT2D eigenvalue weighted by atomic mass is 32.2. The van der Waals surface area contributed by atoms with Crippen LogP contribution in [-0.4, -0.2) is 52.2 Å². The highest BCUT2D eigenvalue weighted by Gasteiger charge is 2.26. The minimum absolute atomic E-state index is 0.135. The van der Waals surface area contributed by atoms with Gasteiger partial charge < -0.3 is 9.47 Å². The number of carbonyl (C=O) groups is 1. The molecule has 0 bridgehead atoms. The van der Waals surface area contributed by atoms with Crippen molar-refractivity contribution in [2.24, 2.45) is 5.10 Å². The third kappa shape index (κ3) is 7.14. The Balaban J connectivity index is 1.74. The number of carbonyl (C=O) groups excluding carboxylic acids is 1. The standard InChI is InChI=1S/C26H29N3O5S/c1-20-9-13-24(14-10-20)35(31,32)29(16-15-21-7-5-4-6-8-21)19-26(30)28-27-18-22-11-12-23(33-2)17-25(22)34-3/h4-14,17-18H,15-16,19H2,1-3H3,(H,28,30)/b27-18-. The highest BCUT2D eigenvalue weighted by molar-refractivity contribution is 7.89. The lowest BCUT2D eigenvalue weighted by atomic mass is 10.1. The van der Waals surface area contributed by atoms with Crippen molar-refractivity contribution in [2.45, 2.75) is 18.2 Å². The van der Waals surface area contributed by atoms with Gasteiger partial charge >= 0.3 is 0 Å². The van der Waals surface area contributed by atoms with E-state index < -0.39 is 15.9 Å². The predicted octanol–water partition coefficient (Wildman–Crippen LogP) is 3.40. The number of hydrazone groups is 1. The van der Waals surface area contributed by atoms with Crippen molar-refractivity contribution in [2.75, 3.05) is 27.3 Å². The van der Waals surface area contributed by atoms with Crippen LogP contribution in [0, 0.1) is 6.92 Å². The molecule has 0 aromatic heterocycles. The van der Waals surface area contributed by atoms with Crippen molar-refractivity contribution in [1.82, 2.24) is 9.73 Å². The molecule has 35 heavy (non-hydrogen) atoms. The van der Waals surface area contributed by atoms with Gasteiger partial charge in [0.25, 0.3) is 5.91 Å². The minimum Gasteiger partial charge on any atom is -0.497 e. The first-order valence-corrected chi connectivity index (χ1v) is 12.4. The fraction of sp³-hybridized carbons (Fsp3) is 0.231. The minimum atomic E-state index is -3.89. The zero-order valence-electron chi connectivity index (χ0n) is 20.0. The molecule has 1 amide bonds. The molecule has 3 aromatic rings. The van der Waals surface area contributed by atoms with Crippen LogP contribution in [0.15, 0.2) is 82.8 Å². The fourth-order valence-corrected chi connectivity index (χ4v) is 4.73. The first-order valence-electron chi connectivity index (χ1n) is 11.0. The van der Waals surface area contributed by atoms with Crippen LogP contribution in [0.25, 0.3) is 0 Å². The molecule has 9 heteroatoms. The van der Waals surface area contributed by atoms with Crippen LogP contribution in [0.1, 0.15) is 16.7 Å². The molecule has 1 N–H and O–H groups in total. The lowest BCUT2D eigenvalue weighted by Gasteiger charge is -2.21. The molecule has 3 aromatic carbocycles. The summed E-state index contributed by atoms with van der Waals surface area (Å²) in [6.07, 6.45) is 1.89. The summed E-state index contributed by atoms with van der Waals surface area (Å²) < 4.78 is 38.3. The maximum Gasteiger partial charge on any atom is 0.255 e. The van der Waals surface area contributed by atoms with E-state index in [1.54, 1.807) is 49.6 Å². The monoisotopic (exact) mass is 495 g/mol. The maximum absolute atomic E-state index is 13.3. The second-order valence-electron chi connectivity index (χ2n) is 7.79. The Morgan fingerprint density at radius 3 is 2.37 bits per heavy atom. The Morgan fingerprint density at radius 2 is 1.71 bits per heavy atom. The number of nitrogens with one attached hydrogen (secondary N) is 1. The average Bonchev–Trinajstić information content (AvgIpc) is 2.87. The molecule has 3 rings (SSSR count). The molecule has 0 aliphatic heterocycles. The van der Waals surface area contributed by atoms with E-state index in [0.29, 0.717) is 23.5 Å². The van der Waals surface area contributed by atoms with Gasteiger partial charge in [0.15, 0.2) is 0 Å². The first kappa shape index (κ1) is 25.9. The van der Waals surface area contributed by atoms with E-state index in [-0.39, 0.29) is 18.0 Å². The maximum atomic E-state index is 13.3. The lowest BCUT2D eigenvalue weighted by molar-refractivity contribution is -0.121. The molecule has 0 heterocycles. The summed E-state index contributed by atoms with van der Waals surface area (Å²) >= 11 is 0. The summed E-state index contributed by atoms with van der Waals surface area (Å²) in [6, 6.07) is 21.3. The molecule has 0 saturated carbocycles. The van der Waals surface area contributed by atoms with Crippen LogP contribution >= 0.6 is 0 Å². The Kier molecular flexibility index (Phi) is 8.99. The molecule has 0 saturated heterocycles. The van der Waals surface area contributed by atoms with Gasteiger partial charge in [-0.3, -0.25) is 4.79 Å². The topological polar surface area (TPSA) is 97.3 Å². The van der Waals surface area contributed by atoms with E-state index >= 15 is 0 Å². The van der Waals surface area contributed by atoms with Crippen molar-refractivity contribution in [3.05, 3.63) is 89.5 Å². The van der Waals surface area contributed by atoms with E-state index in [1.807, 2.05) is 37.3 Å². The number of benzene rings is 3. The number of amides is 1. The molecule has 8 nitrogen and oxygen atoms in total. The van der Waals surface area contributed by atoms with E-state index in [9.17, 15) is 13.2 Å². The smallest absolute Gasteiger partial charge is 0.255 e. The Morgan fingerprint density at radius 1 is 1.00 bits per heavy atom.